The first-order valence-corrected chi connectivity index (χ1v) is 10.7. The zero-order chi connectivity index (χ0) is 22.3. The molecule has 0 aliphatic carbocycles. The number of hydrogen-bond donors (Lipinski definition) is 1. The Kier molecular flexibility index (Phi) is 5.30. The zero-order valence-corrected chi connectivity index (χ0v) is 18.2. The van der Waals surface area contributed by atoms with Crippen molar-refractivity contribution in [1.82, 2.24) is 19.7 Å². The highest BCUT2D eigenvalue weighted by Gasteiger charge is 2.40. The molecule has 2 aliphatic rings. The molecule has 3 heterocycles. The van der Waals surface area contributed by atoms with E-state index in [4.69, 9.17) is 4.74 Å². The van der Waals surface area contributed by atoms with Gasteiger partial charge in [0.25, 0.3) is 0 Å². The van der Waals surface area contributed by atoms with Crippen molar-refractivity contribution in [2.75, 3.05) is 49.6 Å². The van der Waals surface area contributed by atoms with Gasteiger partial charge in [0.05, 0.1) is 24.4 Å². The summed E-state index contributed by atoms with van der Waals surface area (Å²) in [6.45, 7) is 9.87. The van der Waals surface area contributed by atoms with Crippen LogP contribution in [0.1, 0.15) is 12.5 Å². The van der Waals surface area contributed by atoms with Gasteiger partial charge in [-0.05, 0) is 49.7 Å². The standard InChI is InChI=1S/C23H26F2N6O/c1-16-7-19(27-22-26-15-31(28-22)21-10-17(24)9-18(25)11-21)12-20(8-16)29-3-5-30(6-4-29)23(2)13-32-14-23/h7-12,15H,3-6,13-14H2,1-2H3,(H,27,28). The monoisotopic (exact) mass is 440 g/mol. The van der Waals surface area contributed by atoms with E-state index in [1.165, 1.54) is 23.1 Å². The fourth-order valence-electron chi connectivity index (χ4n) is 4.35. The third-order valence-electron chi connectivity index (χ3n) is 6.16. The Balaban J connectivity index is 1.29. The van der Waals surface area contributed by atoms with Gasteiger partial charge in [0.15, 0.2) is 0 Å². The van der Waals surface area contributed by atoms with Crippen molar-refractivity contribution in [3.63, 3.8) is 0 Å². The van der Waals surface area contributed by atoms with Gasteiger partial charge in [0, 0.05) is 43.6 Å². The quantitative estimate of drug-likeness (QED) is 0.655. The Morgan fingerprint density at radius 1 is 0.938 bits per heavy atom. The van der Waals surface area contributed by atoms with Crippen LogP contribution >= 0.6 is 0 Å². The van der Waals surface area contributed by atoms with E-state index in [2.05, 4.69) is 51.2 Å². The van der Waals surface area contributed by atoms with Crippen molar-refractivity contribution in [2.24, 2.45) is 0 Å². The normalized spacial score (nSPS) is 18.4. The molecule has 3 aromatic rings. The van der Waals surface area contributed by atoms with Crippen LogP contribution in [0.5, 0.6) is 0 Å². The number of halogens is 2. The van der Waals surface area contributed by atoms with E-state index in [1.54, 1.807) is 0 Å². The minimum Gasteiger partial charge on any atom is -0.377 e. The van der Waals surface area contributed by atoms with Gasteiger partial charge in [-0.1, -0.05) is 0 Å². The SMILES string of the molecule is Cc1cc(Nc2ncn(-c3cc(F)cc(F)c3)n2)cc(N2CCN(C3(C)COC3)CC2)c1. The molecule has 0 spiro atoms. The number of nitrogens with zero attached hydrogens (tertiary/aromatic N) is 5. The average molecular weight is 440 g/mol. The van der Waals surface area contributed by atoms with E-state index in [1.807, 2.05) is 6.07 Å². The number of aromatic nitrogens is 3. The van der Waals surface area contributed by atoms with Crippen molar-refractivity contribution in [2.45, 2.75) is 19.4 Å². The highest BCUT2D eigenvalue weighted by molar-refractivity contribution is 5.64. The van der Waals surface area contributed by atoms with Gasteiger partial charge in [0.1, 0.15) is 18.0 Å². The first kappa shape index (κ1) is 20.8. The predicted molar refractivity (Wildman–Crippen MR) is 119 cm³/mol. The maximum atomic E-state index is 13.5. The second-order valence-corrected chi connectivity index (χ2v) is 8.79. The van der Waals surface area contributed by atoms with Crippen molar-refractivity contribution < 1.29 is 13.5 Å². The molecule has 0 radical (unpaired) electrons. The molecule has 32 heavy (non-hydrogen) atoms. The molecule has 2 fully saturated rings. The largest absolute Gasteiger partial charge is 0.377 e. The van der Waals surface area contributed by atoms with Crippen LogP contribution in [-0.4, -0.2) is 64.6 Å². The van der Waals surface area contributed by atoms with Gasteiger partial charge >= 0.3 is 0 Å². The van der Waals surface area contributed by atoms with Gasteiger partial charge in [-0.25, -0.2) is 13.5 Å². The smallest absolute Gasteiger partial charge is 0.246 e. The highest BCUT2D eigenvalue weighted by Crippen LogP contribution is 2.29. The minimum atomic E-state index is -0.660. The summed E-state index contributed by atoms with van der Waals surface area (Å²) in [7, 11) is 0. The number of anilines is 3. The highest BCUT2D eigenvalue weighted by atomic mass is 19.1. The molecule has 2 aromatic carbocycles. The van der Waals surface area contributed by atoms with Crippen molar-refractivity contribution in [3.8, 4) is 5.69 Å². The first-order valence-electron chi connectivity index (χ1n) is 10.7. The Labute approximate surface area is 185 Å². The lowest BCUT2D eigenvalue weighted by atomic mass is 9.97. The molecular weight excluding hydrogens is 414 g/mol. The fourth-order valence-corrected chi connectivity index (χ4v) is 4.35. The van der Waals surface area contributed by atoms with E-state index < -0.39 is 11.6 Å². The van der Waals surface area contributed by atoms with Gasteiger partial charge < -0.3 is 15.0 Å². The Bertz CT molecular complexity index is 1100. The molecule has 1 N–H and O–H groups in total. The van der Waals surface area contributed by atoms with Crippen molar-refractivity contribution >= 4 is 17.3 Å². The third-order valence-corrected chi connectivity index (χ3v) is 6.16. The average Bonchev–Trinajstić information content (AvgIpc) is 3.19. The third kappa shape index (κ3) is 4.18. The topological polar surface area (TPSA) is 58.5 Å². The van der Waals surface area contributed by atoms with E-state index in [0.29, 0.717) is 5.95 Å². The van der Waals surface area contributed by atoms with Gasteiger partial charge in [0.2, 0.25) is 5.95 Å². The lowest BCUT2D eigenvalue weighted by Gasteiger charge is -2.50. The number of benzene rings is 2. The van der Waals surface area contributed by atoms with Crippen molar-refractivity contribution in [1.29, 1.82) is 0 Å². The Morgan fingerprint density at radius 2 is 1.66 bits per heavy atom. The maximum Gasteiger partial charge on any atom is 0.246 e. The molecule has 0 saturated carbocycles. The molecule has 0 unspecified atom stereocenters. The lowest BCUT2D eigenvalue weighted by Crippen LogP contribution is -2.64. The molecule has 0 bridgehead atoms. The van der Waals surface area contributed by atoms with Gasteiger partial charge in [-0.15, -0.1) is 5.10 Å². The van der Waals surface area contributed by atoms with Crippen LogP contribution in [0.2, 0.25) is 0 Å². The van der Waals surface area contributed by atoms with Crippen LogP contribution < -0.4 is 10.2 Å². The number of piperazine rings is 1. The van der Waals surface area contributed by atoms with E-state index in [9.17, 15) is 8.78 Å². The number of hydrogen-bond acceptors (Lipinski definition) is 6. The van der Waals surface area contributed by atoms with E-state index in [-0.39, 0.29) is 11.2 Å². The fraction of sp³-hybridized carbons (Fsp3) is 0.391. The predicted octanol–water partition coefficient (Wildman–Crippen LogP) is 3.51. The van der Waals surface area contributed by atoms with Crippen LogP contribution in [-0.2, 0) is 4.74 Å². The van der Waals surface area contributed by atoms with Crippen LogP contribution in [0.25, 0.3) is 5.69 Å². The summed E-state index contributed by atoms with van der Waals surface area (Å²) < 4.78 is 33.8. The number of aryl methyl sites for hydroxylation is 1. The molecular formula is C23H26F2N6O. The van der Waals surface area contributed by atoms with Crippen LogP contribution in [0.3, 0.4) is 0 Å². The molecule has 168 valence electrons. The minimum absolute atomic E-state index is 0.181. The first-order chi connectivity index (χ1) is 15.4. The second kappa shape index (κ2) is 8.14. The number of ether oxygens (including phenoxy) is 1. The molecule has 1 aromatic heterocycles. The summed E-state index contributed by atoms with van der Waals surface area (Å²) in [6.07, 6.45) is 1.43. The summed E-state index contributed by atoms with van der Waals surface area (Å²) in [5.41, 5.74) is 3.59. The van der Waals surface area contributed by atoms with Crippen molar-refractivity contribution in [3.05, 3.63) is 59.9 Å². The summed E-state index contributed by atoms with van der Waals surface area (Å²) in [6, 6.07) is 9.53. The second-order valence-electron chi connectivity index (χ2n) is 8.79. The molecule has 9 heteroatoms. The molecule has 5 rings (SSSR count). The Morgan fingerprint density at radius 3 is 2.31 bits per heavy atom. The molecule has 7 nitrogen and oxygen atoms in total. The van der Waals surface area contributed by atoms with Crippen LogP contribution in [0.15, 0.2) is 42.7 Å². The zero-order valence-electron chi connectivity index (χ0n) is 18.2. The summed E-state index contributed by atoms with van der Waals surface area (Å²) in [5.74, 6) is -0.964. The number of rotatable bonds is 5. The lowest BCUT2D eigenvalue weighted by molar-refractivity contribution is -0.131. The maximum absolute atomic E-state index is 13.5. The van der Waals surface area contributed by atoms with Crippen LogP contribution in [0, 0.1) is 18.6 Å². The summed E-state index contributed by atoms with van der Waals surface area (Å²) >= 11 is 0. The summed E-state index contributed by atoms with van der Waals surface area (Å²) in [4.78, 5) is 9.15. The molecule has 0 amide bonds. The van der Waals surface area contributed by atoms with Gasteiger partial charge in [-0.2, -0.15) is 4.98 Å². The van der Waals surface area contributed by atoms with E-state index in [0.717, 1.165) is 62.4 Å². The molecule has 2 saturated heterocycles. The van der Waals surface area contributed by atoms with E-state index >= 15 is 0 Å². The van der Waals surface area contributed by atoms with Gasteiger partial charge in [-0.3, -0.25) is 4.90 Å². The molecule has 2 aliphatic heterocycles. The number of nitrogens with one attached hydrogen (secondary N) is 1. The Hall–Kier alpha value is -3.04. The molecule has 0 atom stereocenters. The summed E-state index contributed by atoms with van der Waals surface area (Å²) in [5, 5.41) is 7.52. The van der Waals surface area contributed by atoms with Crippen LogP contribution in [0.4, 0.5) is 26.1 Å².